The molecule has 2 rings (SSSR count). The van der Waals surface area contributed by atoms with Gasteiger partial charge < -0.3 is 15.5 Å². The lowest BCUT2D eigenvalue weighted by Gasteiger charge is -2.08. The Morgan fingerprint density at radius 2 is 1.82 bits per heavy atom. The summed E-state index contributed by atoms with van der Waals surface area (Å²) in [7, 11) is 0. The fourth-order valence-electron chi connectivity index (χ4n) is 1.99. The maximum Gasteiger partial charge on any atom is 0.224 e. The molecule has 4 nitrogen and oxygen atoms in total. The highest BCUT2D eigenvalue weighted by atomic mass is 35.5. The van der Waals surface area contributed by atoms with Crippen molar-refractivity contribution in [2.75, 3.05) is 6.54 Å². The van der Waals surface area contributed by atoms with Crippen LogP contribution in [0, 0.1) is 0 Å². The third kappa shape index (κ3) is 4.55. The van der Waals surface area contributed by atoms with Crippen molar-refractivity contribution in [2.24, 2.45) is 0 Å². The second-order valence-electron chi connectivity index (χ2n) is 4.84. The molecular weight excluding hydrogens is 325 g/mol. The minimum absolute atomic E-state index is 0.127. The Morgan fingerprint density at radius 1 is 1.05 bits per heavy atom. The van der Waals surface area contributed by atoms with Gasteiger partial charge in [-0.15, -0.1) is 0 Å². The summed E-state index contributed by atoms with van der Waals surface area (Å²) >= 11 is 11.9. The van der Waals surface area contributed by atoms with Crippen LogP contribution in [0.3, 0.4) is 0 Å². The summed E-state index contributed by atoms with van der Waals surface area (Å²) < 4.78 is 0. The Balaban J connectivity index is 1.83. The normalized spacial score (nSPS) is 10.5. The van der Waals surface area contributed by atoms with E-state index in [0.717, 1.165) is 5.56 Å². The monoisotopic (exact) mass is 339 g/mol. The minimum atomic E-state index is -0.238. The van der Waals surface area contributed by atoms with Crippen molar-refractivity contribution in [1.82, 2.24) is 5.32 Å². The largest absolute Gasteiger partial charge is 0.504 e. The standard InChI is InChI=1S/C16H15Cl2NO3/c17-12-3-2-11(13(18)9-12)5-6-19-16(22)8-10-1-4-14(20)15(21)7-10/h1-4,7,9,20-21H,5-6,8H2,(H,19,22). The van der Waals surface area contributed by atoms with E-state index in [2.05, 4.69) is 5.32 Å². The summed E-state index contributed by atoms with van der Waals surface area (Å²) in [4.78, 5) is 11.8. The van der Waals surface area contributed by atoms with Gasteiger partial charge in [0.2, 0.25) is 5.91 Å². The molecule has 0 radical (unpaired) electrons. The maximum atomic E-state index is 11.8. The van der Waals surface area contributed by atoms with Crippen LogP contribution in [-0.2, 0) is 17.6 Å². The van der Waals surface area contributed by atoms with Gasteiger partial charge in [-0.3, -0.25) is 4.79 Å². The highest BCUT2D eigenvalue weighted by Gasteiger charge is 2.07. The first-order valence-corrected chi connectivity index (χ1v) is 7.43. The number of rotatable bonds is 5. The number of nitrogens with one attached hydrogen (secondary N) is 1. The van der Waals surface area contributed by atoms with Gasteiger partial charge in [0.05, 0.1) is 6.42 Å². The zero-order valence-electron chi connectivity index (χ0n) is 11.6. The summed E-state index contributed by atoms with van der Waals surface area (Å²) in [6.45, 7) is 0.449. The topological polar surface area (TPSA) is 69.6 Å². The first-order chi connectivity index (χ1) is 10.5. The smallest absolute Gasteiger partial charge is 0.224 e. The molecule has 2 aromatic carbocycles. The SMILES string of the molecule is O=C(Cc1ccc(O)c(O)c1)NCCc1ccc(Cl)cc1Cl. The van der Waals surface area contributed by atoms with E-state index < -0.39 is 0 Å². The third-order valence-electron chi connectivity index (χ3n) is 3.14. The van der Waals surface area contributed by atoms with Gasteiger partial charge >= 0.3 is 0 Å². The van der Waals surface area contributed by atoms with E-state index in [-0.39, 0.29) is 23.8 Å². The molecule has 0 aliphatic carbocycles. The number of halogens is 2. The molecule has 3 N–H and O–H groups in total. The number of amides is 1. The fourth-order valence-corrected chi connectivity index (χ4v) is 2.49. The lowest BCUT2D eigenvalue weighted by Crippen LogP contribution is -2.27. The molecule has 6 heteroatoms. The summed E-state index contributed by atoms with van der Waals surface area (Å²) in [5, 5.41) is 22.5. The number of phenolic OH excluding ortho intramolecular Hbond substituents is 2. The summed E-state index contributed by atoms with van der Waals surface area (Å²) in [6.07, 6.45) is 0.727. The van der Waals surface area contributed by atoms with Crippen molar-refractivity contribution < 1.29 is 15.0 Å². The third-order valence-corrected chi connectivity index (χ3v) is 3.72. The van der Waals surface area contributed by atoms with Gasteiger partial charge in [0.25, 0.3) is 0 Å². The maximum absolute atomic E-state index is 11.8. The number of aromatic hydroxyl groups is 2. The average molecular weight is 340 g/mol. The van der Waals surface area contributed by atoms with E-state index in [4.69, 9.17) is 23.2 Å². The molecule has 0 atom stereocenters. The highest BCUT2D eigenvalue weighted by molar-refractivity contribution is 6.35. The van der Waals surface area contributed by atoms with Gasteiger partial charge in [-0.1, -0.05) is 35.3 Å². The van der Waals surface area contributed by atoms with Gasteiger partial charge in [0.1, 0.15) is 0 Å². The van der Waals surface area contributed by atoms with E-state index in [1.807, 2.05) is 6.07 Å². The first kappa shape index (κ1) is 16.5. The van der Waals surface area contributed by atoms with Gasteiger partial charge in [-0.25, -0.2) is 0 Å². The summed E-state index contributed by atoms with van der Waals surface area (Å²) in [5.41, 5.74) is 1.53. The number of benzene rings is 2. The molecule has 0 fully saturated rings. The van der Waals surface area contributed by atoms with E-state index in [9.17, 15) is 15.0 Å². The molecule has 0 saturated carbocycles. The quantitative estimate of drug-likeness (QED) is 0.732. The van der Waals surface area contributed by atoms with E-state index >= 15 is 0 Å². The molecule has 22 heavy (non-hydrogen) atoms. The minimum Gasteiger partial charge on any atom is -0.504 e. The summed E-state index contributed by atoms with van der Waals surface area (Å²) in [5.74, 6) is -0.616. The first-order valence-electron chi connectivity index (χ1n) is 6.67. The van der Waals surface area contributed by atoms with E-state index in [1.165, 1.54) is 12.1 Å². The van der Waals surface area contributed by atoms with Crippen molar-refractivity contribution in [3.05, 3.63) is 57.6 Å². The average Bonchev–Trinajstić information content (AvgIpc) is 2.45. The zero-order valence-corrected chi connectivity index (χ0v) is 13.2. The molecule has 0 spiro atoms. The molecule has 116 valence electrons. The van der Waals surface area contributed by atoms with Gasteiger partial charge in [-0.05, 0) is 41.8 Å². The zero-order chi connectivity index (χ0) is 16.1. The molecule has 0 aliphatic heterocycles. The fraction of sp³-hybridized carbons (Fsp3) is 0.188. The van der Waals surface area contributed by atoms with Crippen molar-refractivity contribution in [2.45, 2.75) is 12.8 Å². The van der Waals surface area contributed by atoms with Crippen LogP contribution in [0.25, 0.3) is 0 Å². The van der Waals surface area contributed by atoms with Crippen LogP contribution in [0.5, 0.6) is 11.5 Å². The molecule has 0 heterocycles. The van der Waals surface area contributed by atoms with Crippen LogP contribution in [0.2, 0.25) is 10.0 Å². The molecule has 0 aliphatic rings. The second-order valence-corrected chi connectivity index (χ2v) is 5.68. The van der Waals surface area contributed by atoms with Crippen molar-refractivity contribution in [3.63, 3.8) is 0 Å². The lowest BCUT2D eigenvalue weighted by atomic mass is 10.1. The number of carbonyl (C=O) groups is 1. The Labute approximate surface area is 138 Å². The summed E-state index contributed by atoms with van der Waals surface area (Å²) in [6, 6.07) is 9.55. The molecule has 1 amide bonds. The van der Waals surface area contributed by atoms with Crippen LogP contribution in [0.15, 0.2) is 36.4 Å². The molecule has 2 aromatic rings. The van der Waals surface area contributed by atoms with Crippen molar-refractivity contribution in [3.8, 4) is 11.5 Å². The predicted octanol–water partition coefficient (Wildman–Crippen LogP) is 3.31. The molecule has 0 saturated heterocycles. The van der Waals surface area contributed by atoms with E-state index in [1.54, 1.807) is 18.2 Å². The van der Waals surface area contributed by atoms with Crippen molar-refractivity contribution >= 4 is 29.1 Å². The van der Waals surface area contributed by atoms with E-state index in [0.29, 0.717) is 28.6 Å². The van der Waals surface area contributed by atoms with Gasteiger partial charge in [0, 0.05) is 16.6 Å². The van der Waals surface area contributed by atoms with Gasteiger partial charge in [0.15, 0.2) is 11.5 Å². The number of hydrogen-bond donors (Lipinski definition) is 3. The number of phenols is 2. The van der Waals surface area contributed by atoms with Crippen LogP contribution in [-0.4, -0.2) is 22.7 Å². The van der Waals surface area contributed by atoms with Crippen LogP contribution >= 0.6 is 23.2 Å². The van der Waals surface area contributed by atoms with Crippen LogP contribution < -0.4 is 5.32 Å². The van der Waals surface area contributed by atoms with Gasteiger partial charge in [-0.2, -0.15) is 0 Å². The van der Waals surface area contributed by atoms with Crippen LogP contribution in [0.1, 0.15) is 11.1 Å². The second kappa shape index (κ2) is 7.38. The van der Waals surface area contributed by atoms with Crippen LogP contribution in [0.4, 0.5) is 0 Å². The number of hydrogen-bond acceptors (Lipinski definition) is 3. The molecule has 0 unspecified atom stereocenters. The number of carbonyl (C=O) groups excluding carboxylic acids is 1. The predicted molar refractivity (Wildman–Crippen MR) is 86.7 cm³/mol. The molecule has 0 bridgehead atoms. The molecular formula is C16H15Cl2NO3. The lowest BCUT2D eigenvalue weighted by molar-refractivity contribution is -0.120. The highest BCUT2D eigenvalue weighted by Crippen LogP contribution is 2.25. The Bertz CT molecular complexity index is 689. The Hall–Kier alpha value is -1.91. The Kier molecular flexibility index (Phi) is 5.52. The Morgan fingerprint density at radius 3 is 2.50 bits per heavy atom. The molecule has 0 aromatic heterocycles. The van der Waals surface area contributed by atoms with Crippen molar-refractivity contribution in [1.29, 1.82) is 0 Å².